The number of nitrogens with zero attached hydrogens (tertiary/aromatic N) is 4. The number of hydrogen-bond donors (Lipinski definition) is 2. The summed E-state index contributed by atoms with van der Waals surface area (Å²) in [6.07, 6.45) is 6.89. The molecule has 4 aliphatic heterocycles. The van der Waals surface area contributed by atoms with E-state index < -0.39 is 17.6 Å². The maximum Gasteiger partial charge on any atom is 0.318 e. The maximum absolute atomic E-state index is 15.7. The molecule has 2 aromatic rings. The zero-order valence-corrected chi connectivity index (χ0v) is 24.2. The minimum Gasteiger partial charge on any atom is -0.461 e. The highest BCUT2D eigenvalue weighted by Crippen LogP contribution is 2.49. The number of hydrogen-bond acceptors (Lipinski definition) is 8. The highest BCUT2D eigenvalue weighted by Gasteiger charge is 2.50. The molecule has 4 N–H and O–H groups in total. The molecule has 4 atom stereocenters. The van der Waals surface area contributed by atoms with Gasteiger partial charge in [-0.2, -0.15) is 9.97 Å². The summed E-state index contributed by atoms with van der Waals surface area (Å²) in [6, 6.07) is 1.95. The minimum absolute atomic E-state index is 0.0285. The van der Waals surface area contributed by atoms with Crippen LogP contribution < -0.4 is 21.1 Å². The topological polar surface area (TPSA) is 103 Å². The van der Waals surface area contributed by atoms with Crippen molar-refractivity contribution in [3.05, 3.63) is 39.3 Å². The van der Waals surface area contributed by atoms with Crippen LogP contribution in [0.4, 0.5) is 20.3 Å². The molecule has 41 heavy (non-hydrogen) atoms. The summed E-state index contributed by atoms with van der Waals surface area (Å²) in [6.45, 7) is 3.56. The molecule has 222 valence electrons. The monoisotopic (exact) mass is 588 g/mol. The molecule has 2 unspecified atom stereocenters. The molecule has 1 aromatic heterocycles. The van der Waals surface area contributed by atoms with Gasteiger partial charge in [-0.25, -0.2) is 8.78 Å². The highest BCUT2D eigenvalue weighted by molar-refractivity contribution is 6.31. The lowest BCUT2D eigenvalue weighted by atomic mass is 9.74. The van der Waals surface area contributed by atoms with Crippen LogP contribution in [0, 0.1) is 5.82 Å². The predicted octanol–water partition coefficient (Wildman–Crippen LogP) is 4.43. The Morgan fingerprint density at radius 1 is 1.12 bits per heavy atom. The van der Waals surface area contributed by atoms with E-state index in [1.165, 1.54) is 6.07 Å². The molecule has 1 aliphatic carbocycles. The van der Waals surface area contributed by atoms with Gasteiger partial charge in [0.15, 0.2) is 5.82 Å². The first-order valence-electron chi connectivity index (χ1n) is 15.1. The number of alkyl halides is 1. The van der Waals surface area contributed by atoms with Gasteiger partial charge in [-0.05, 0) is 69.5 Å². The molecule has 3 fully saturated rings. The summed E-state index contributed by atoms with van der Waals surface area (Å²) in [7, 11) is 0. The maximum atomic E-state index is 15.7. The van der Waals surface area contributed by atoms with E-state index in [2.05, 4.69) is 9.80 Å². The smallest absolute Gasteiger partial charge is 0.318 e. The lowest BCUT2D eigenvalue weighted by molar-refractivity contribution is -0.0876. The third-order valence-corrected chi connectivity index (χ3v) is 10.4. The number of ether oxygens (including phenoxy) is 2. The van der Waals surface area contributed by atoms with Gasteiger partial charge in [-0.1, -0.05) is 11.6 Å². The summed E-state index contributed by atoms with van der Waals surface area (Å²) in [5.74, 6) is 0.342. The minimum atomic E-state index is -0.915. The SMILES string of the molecule is Nc1cc(Cl)c2c(c1F)[C@]1(CCC2)Cc2nc(OCC34CCCN3C[C@H](F)C4)nc(N3CCCC(N)CC3)c2CO1. The van der Waals surface area contributed by atoms with Crippen molar-refractivity contribution in [1.82, 2.24) is 14.9 Å². The molecule has 0 saturated carbocycles. The number of anilines is 2. The fraction of sp³-hybridized carbons (Fsp3) is 0.667. The molecule has 1 spiro atoms. The van der Waals surface area contributed by atoms with Gasteiger partial charge in [0.25, 0.3) is 0 Å². The Morgan fingerprint density at radius 2 is 2.00 bits per heavy atom. The zero-order valence-electron chi connectivity index (χ0n) is 23.4. The number of nitrogen functional groups attached to an aromatic ring is 1. The van der Waals surface area contributed by atoms with E-state index in [1.54, 1.807) is 0 Å². The standard InChI is InChI=1S/C30H39ClF2N6O2/c31-22-12-23(35)26(33)25-20(22)5-1-8-30(25)14-24-21(16-41-30)27(38-9-2-4-19(34)6-11-38)37-28(36-24)40-17-29-7-3-10-39(29)15-18(32)13-29/h12,18-19H,1-11,13-17,34-35H2/t18-,19?,29?,30+/m1/s1. The summed E-state index contributed by atoms with van der Waals surface area (Å²) >= 11 is 6.56. The van der Waals surface area contributed by atoms with E-state index in [9.17, 15) is 4.39 Å². The second kappa shape index (κ2) is 10.5. The van der Waals surface area contributed by atoms with Crippen LogP contribution in [0.3, 0.4) is 0 Å². The van der Waals surface area contributed by atoms with Crippen LogP contribution >= 0.6 is 11.6 Å². The van der Waals surface area contributed by atoms with E-state index in [0.717, 1.165) is 80.8 Å². The van der Waals surface area contributed by atoms with E-state index in [4.69, 9.17) is 42.5 Å². The largest absolute Gasteiger partial charge is 0.461 e. The van der Waals surface area contributed by atoms with Gasteiger partial charge in [0.05, 0.1) is 23.5 Å². The lowest BCUT2D eigenvalue weighted by Crippen LogP contribution is -2.44. The molecule has 3 saturated heterocycles. The predicted molar refractivity (Wildman–Crippen MR) is 154 cm³/mol. The third-order valence-electron chi connectivity index (χ3n) is 10.1. The first kappa shape index (κ1) is 27.6. The van der Waals surface area contributed by atoms with Crippen molar-refractivity contribution >= 4 is 23.1 Å². The van der Waals surface area contributed by atoms with Gasteiger partial charge in [0.2, 0.25) is 0 Å². The van der Waals surface area contributed by atoms with Crippen LogP contribution in [-0.2, 0) is 29.8 Å². The fourth-order valence-corrected chi connectivity index (χ4v) is 8.33. The molecule has 0 amide bonds. The number of rotatable bonds is 4. The second-order valence-electron chi connectivity index (χ2n) is 12.7. The molecule has 5 heterocycles. The van der Waals surface area contributed by atoms with Crippen LogP contribution in [0.15, 0.2) is 6.07 Å². The van der Waals surface area contributed by atoms with Crippen molar-refractivity contribution in [2.24, 2.45) is 5.73 Å². The average molecular weight is 589 g/mol. The molecule has 8 nitrogen and oxygen atoms in total. The Labute approximate surface area is 244 Å². The summed E-state index contributed by atoms with van der Waals surface area (Å²) < 4.78 is 43.1. The van der Waals surface area contributed by atoms with Gasteiger partial charge >= 0.3 is 6.01 Å². The normalized spacial score (nSPS) is 31.6. The third kappa shape index (κ3) is 4.75. The van der Waals surface area contributed by atoms with E-state index >= 15 is 4.39 Å². The van der Waals surface area contributed by atoms with Crippen molar-refractivity contribution in [3.8, 4) is 6.01 Å². The van der Waals surface area contributed by atoms with Gasteiger partial charge in [-0.3, -0.25) is 4.90 Å². The van der Waals surface area contributed by atoms with Crippen molar-refractivity contribution in [1.29, 1.82) is 0 Å². The van der Waals surface area contributed by atoms with Crippen LogP contribution in [0.25, 0.3) is 0 Å². The molecule has 11 heteroatoms. The first-order chi connectivity index (χ1) is 19.8. The van der Waals surface area contributed by atoms with Crippen LogP contribution in [-0.4, -0.2) is 65.4 Å². The van der Waals surface area contributed by atoms with Crippen molar-refractivity contribution in [2.45, 2.75) is 94.2 Å². The fourth-order valence-electron chi connectivity index (χ4n) is 8.03. The summed E-state index contributed by atoms with van der Waals surface area (Å²) in [5, 5.41) is 0.476. The van der Waals surface area contributed by atoms with Gasteiger partial charge in [0.1, 0.15) is 24.2 Å². The Bertz CT molecular complexity index is 1350. The number of halogens is 3. The van der Waals surface area contributed by atoms with Crippen LogP contribution in [0.5, 0.6) is 6.01 Å². The number of nitrogens with two attached hydrogens (primary N) is 2. The van der Waals surface area contributed by atoms with E-state index in [0.29, 0.717) is 49.4 Å². The highest BCUT2D eigenvalue weighted by atomic mass is 35.5. The average Bonchev–Trinajstić information content (AvgIpc) is 3.38. The molecular formula is C30H39ClF2N6O2. The summed E-state index contributed by atoms with van der Waals surface area (Å²) in [4.78, 5) is 14.4. The molecule has 0 radical (unpaired) electrons. The number of aromatic nitrogens is 2. The van der Waals surface area contributed by atoms with Crippen molar-refractivity contribution in [2.75, 3.05) is 43.4 Å². The second-order valence-corrected chi connectivity index (χ2v) is 13.1. The van der Waals surface area contributed by atoms with Gasteiger partial charge < -0.3 is 25.8 Å². The molecular weight excluding hydrogens is 550 g/mol. The number of fused-ring (bicyclic) bond motifs is 4. The Kier molecular flexibility index (Phi) is 7.04. The quantitative estimate of drug-likeness (QED) is 0.506. The molecule has 7 rings (SSSR count). The van der Waals surface area contributed by atoms with E-state index in [-0.39, 0.29) is 29.9 Å². The molecule has 1 aromatic carbocycles. The van der Waals surface area contributed by atoms with Gasteiger partial charge in [-0.15, -0.1) is 0 Å². The molecule has 0 bridgehead atoms. The van der Waals surface area contributed by atoms with Crippen LogP contribution in [0.2, 0.25) is 5.02 Å². The molecule has 5 aliphatic rings. The lowest BCUT2D eigenvalue weighted by Gasteiger charge is -2.43. The Balaban J connectivity index is 1.26. The Hall–Kier alpha value is -2.27. The summed E-state index contributed by atoms with van der Waals surface area (Å²) in [5.41, 5.74) is 14.1. The Morgan fingerprint density at radius 3 is 2.88 bits per heavy atom. The number of benzene rings is 1. The first-order valence-corrected chi connectivity index (χ1v) is 15.5. The van der Waals surface area contributed by atoms with E-state index in [1.807, 2.05) is 0 Å². The van der Waals surface area contributed by atoms with Crippen molar-refractivity contribution < 1.29 is 18.3 Å². The van der Waals surface area contributed by atoms with Crippen molar-refractivity contribution in [3.63, 3.8) is 0 Å². The van der Waals surface area contributed by atoms with Crippen LogP contribution in [0.1, 0.15) is 73.8 Å². The van der Waals surface area contributed by atoms with Gasteiger partial charge in [0, 0.05) is 54.7 Å². The zero-order chi connectivity index (χ0) is 28.4.